The number of benzene rings is 1. The molecule has 0 aliphatic carbocycles. The van der Waals surface area contributed by atoms with Gasteiger partial charge in [-0.3, -0.25) is 0 Å². The average molecular weight is 230 g/mol. The van der Waals surface area contributed by atoms with Crippen molar-refractivity contribution < 1.29 is 19.0 Å². The monoisotopic (exact) mass is 229 g/mol. The van der Waals surface area contributed by atoms with Crippen LogP contribution in [0.5, 0.6) is 5.88 Å². The van der Waals surface area contributed by atoms with Gasteiger partial charge in [0.1, 0.15) is 5.82 Å². The molecule has 0 bridgehead atoms. The smallest absolute Gasteiger partial charge is 0.449 e. The molecule has 15 heavy (non-hydrogen) atoms. The SMILES string of the molecule is O=C(O)Oc1cc2cc(F)c(Cl)cc2[nH]1. The van der Waals surface area contributed by atoms with Gasteiger partial charge in [-0.2, -0.15) is 0 Å². The molecule has 0 unspecified atom stereocenters. The maximum Gasteiger partial charge on any atom is 0.512 e. The van der Waals surface area contributed by atoms with Crippen LogP contribution >= 0.6 is 11.6 Å². The highest BCUT2D eigenvalue weighted by atomic mass is 35.5. The van der Waals surface area contributed by atoms with Crippen molar-refractivity contribution in [2.24, 2.45) is 0 Å². The molecule has 0 spiro atoms. The molecule has 4 nitrogen and oxygen atoms in total. The van der Waals surface area contributed by atoms with Crippen molar-refractivity contribution in [3.05, 3.63) is 29.0 Å². The summed E-state index contributed by atoms with van der Waals surface area (Å²) < 4.78 is 17.4. The predicted octanol–water partition coefficient (Wildman–Crippen LogP) is 3.02. The van der Waals surface area contributed by atoms with Gasteiger partial charge in [-0.25, -0.2) is 9.18 Å². The number of carbonyl (C=O) groups is 1. The number of carboxylic acid groups (broad SMARTS) is 1. The van der Waals surface area contributed by atoms with E-state index in [0.717, 1.165) is 0 Å². The van der Waals surface area contributed by atoms with Crippen molar-refractivity contribution >= 4 is 28.7 Å². The number of hydrogen-bond acceptors (Lipinski definition) is 2. The van der Waals surface area contributed by atoms with Gasteiger partial charge in [-0.15, -0.1) is 0 Å². The maximum atomic E-state index is 13.0. The molecule has 1 aromatic heterocycles. The molecule has 0 saturated carbocycles. The third-order valence-electron chi connectivity index (χ3n) is 1.83. The van der Waals surface area contributed by atoms with Crippen molar-refractivity contribution in [3.8, 4) is 5.88 Å². The van der Waals surface area contributed by atoms with Gasteiger partial charge >= 0.3 is 6.16 Å². The summed E-state index contributed by atoms with van der Waals surface area (Å²) in [6.45, 7) is 0. The maximum absolute atomic E-state index is 13.0. The summed E-state index contributed by atoms with van der Waals surface area (Å²) in [7, 11) is 0. The number of aromatic nitrogens is 1. The second kappa shape index (κ2) is 3.43. The Kier molecular flexibility index (Phi) is 2.24. The minimum absolute atomic E-state index is 0.0270. The molecule has 2 rings (SSSR count). The van der Waals surface area contributed by atoms with Gasteiger partial charge in [0.15, 0.2) is 0 Å². The molecule has 0 radical (unpaired) electrons. The molecule has 6 heteroatoms. The zero-order valence-corrected chi connectivity index (χ0v) is 8.01. The second-order valence-electron chi connectivity index (χ2n) is 2.86. The van der Waals surface area contributed by atoms with Gasteiger partial charge in [-0.05, 0) is 12.1 Å². The van der Waals surface area contributed by atoms with Crippen molar-refractivity contribution in [2.75, 3.05) is 0 Å². The van der Waals surface area contributed by atoms with E-state index in [4.69, 9.17) is 16.7 Å². The van der Waals surface area contributed by atoms with E-state index in [1.165, 1.54) is 18.2 Å². The summed E-state index contributed by atoms with van der Waals surface area (Å²) in [5.74, 6) is -0.538. The number of halogens is 2. The fraction of sp³-hybridized carbons (Fsp3) is 0. The highest BCUT2D eigenvalue weighted by Gasteiger charge is 2.08. The molecule has 2 aromatic rings. The first kappa shape index (κ1) is 9.79. The Morgan fingerprint density at radius 1 is 1.47 bits per heavy atom. The first-order chi connectivity index (χ1) is 7.06. The lowest BCUT2D eigenvalue weighted by Crippen LogP contribution is -2.02. The van der Waals surface area contributed by atoms with E-state index < -0.39 is 12.0 Å². The summed E-state index contributed by atoms with van der Waals surface area (Å²) in [4.78, 5) is 12.9. The fourth-order valence-corrected chi connectivity index (χ4v) is 1.41. The van der Waals surface area contributed by atoms with Gasteiger partial charge in [0.25, 0.3) is 0 Å². The van der Waals surface area contributed by atoms with Crippen LogP contribution < -0.4 is 4.74 Å². The van der Waals surface area contributed by atoms with Gasteiger partial charge < -0.3 is 14.8 Å². The quantitative estimate of drug-likeness (QED) is 0.739. The predicted molar refractivity (Wildman–Crippen MR) is 51.9 cm³/mol. The van der Waals surface area contributed by atoms with E-state index >= 15 is 0 Å². The van der Waals surface area contributed by atoms with Crippen LogP contribution in [0.25, 0.3) is 10.9 Å². The minimum Gasteiger partial charge on any atom is -0.449 e. The van der Waals surface area contributed by atoms with Crippen LogP contribution in [0, 0.1) is 5.82 Å². The Bertz CT molecular complexity index is 498. The van der Waals surface area contributed by atoms with Crippen molar-refractivity contribution in [3.63, 3.8) is 0 Å². The van der Waals surface area contributed by atoms with Crippen LogP contribution in [0.2, 0.25) is 5.02 Å². The molecule has 0 fully saturated rings. The normalized spacial score (nSPS) is 10.5. The average Bonchev–Trinajstić information content (AvgIpc) is 2.46. The zero-order valence-electron chi connectivity index (χ0n) is 7.25. The molecule has 1 heterocycles. The summed E-state index contributed by atoms with van der Waals surface area (Å²) in [5.41, 5.74) is 0.512. The van der Waals surface area contributed by atoms with Crippen LogP contribution in [0.15, 0.2) is 18.2 Å². The van der Waals surface area contributed by atoms with Crippen LogP contribution in [0.4, 0.5) is 9.18 Å². The molecule has 0 amide bonds. The Hall–Kier alpha value is -1.75. The van der Waals surface area contributed by atoms with Crippen LogP contribution in [0.3, 0.4) is 0 Å². The fourth-order valence-electron chi connectivity index (χ4n) is 1.25. The standard InChI is InChI=1S/C9H5ClFNO3/c10-5-3-7-4(1-6(5)11)2-8(12-7)15-9(13)14/h1-3,12H,(H,13,14). The van der Waals surface area contributed by atoms with Gasteiger partial charge in [0, 0.05) is 17.0 Å². The van der Waals surface area contributed by atoms with Crippen molar-refractivity contribution in [2.45, 2.75) is 0 Å². The lowest BCUT2D eigenvalue weighted by molar-refractivity contribution is 0.143. The molecule has 1 aromatic carbocycles. The molecule has 0 atom stereocenters. The van der Waals surface area contributed by atoms with Gasteiger partial charge in [0.05, 0.1) is 5.02 Å². The Labute approximate surface area is 88.2 Å². The van der Waals surface area contributed by atoms with Gasteiger partial charge in [-0.1, -0.05) is 11.6 Å². The van der Waals surface area contributed by atoms with Crippen LogP contribution in [-0.2, 0) is 0 Å². The minimum atomic E-state index is -1.44. The van der Waals surface area contributed by atoms with Crippen molar-refractivity contribution in [1.29, 1.82) is 0 Å². The van der Waals surface area contributed by atoms with E-state index in [9.17, 15) is 9.18 Å². The van der Waals surface area contributed by atoms with E-state index in [0.29, 0.717) is 10.9 Å². The van der Waals surface area contributed by atoms with Gasteiger partial charge in [0.2, 0.25) is 5.88 Å². The zero-order chi connectivity index (χ0) is 11.0. The molecule has 0 aliphatic heterocycles. The molecular weight excluding hydrogens is 225 g/mol. The summed E-state index contributed by atoms with van der Waals surface area (Å²) >= 11 is 5.55. The van der Waals surface area contributed by atoms with Crippen molar-refractivity contribution in [1.82, 2.24) is 4.98 Å². The lowest BCUT2D eigenvalue weighted by Gasteiger charge is -1.93. The third-order valence-corrected chi connectivity index (χ3v) is 2.12. The third kappa shape index (κ3) is 1.87. The highest BCUT2D eigenvalue weighted by Crippen LogP contribution is 2.26. The highest BCUT2D eigenvalue weighted by molar-refractivity contribution is 6.31. The Balaban J connectivity index is 2.51. The Morgan fingerprint density at radius 2 is 2.20 bits per heavy atom. The number of aromatic amines is 1. The molecule has 78 valence electrons. The Morgan fingerprint density at radius 3 is 2.87 bits per heavy atom. The van der Waals surface area contributed by atoms with E-state index in [-0.39, 0.29) is 10.9 Å². The number of nitrogens with one attached hydrogen (secondary N) is 1. The number of ether oxygens (including phenoxy) is 1. The first-order valence-corrected chi connectivity index (χ1v) is 4.32. The number of rotatable bonds is 1. The number of fused-ring (bicyclic) bond motifs is 1. The van der Waals surface area contributed by atoms with E-state index in [2.05, 4.69) is 9.72 Å². The van der Waals surface area contributed by atoms with E-state index in [1.807, 2.05) is 0 Å². The summed E-state index contributed by atoms with van der Waals surface area (Å²) in [5, 5.41) is 8.82. The summed E-state index contributed by atoms with van der Waals surface area (Å²) in [6.07, 6.45) is -1.44. The van der Waals surface area contributed by atoms with Crippen LogP contribution in [0.1, 0.15) is 0 Å². The summed E-state index contributed by atoms with van der Waals surface area (Å²) in [6, 6.07) is 3.94. The first-order valence-electron chi connectivity index (χ1n) is 3.95. The second-order valence-corrected chi connectivity index (χ2v) is 3.26. The number of H-pyrrole nitrogens is 1. The topological polar surface area (TPSA) is 62.3 Å². The number of hydrogen-bond donors (Lipinski definition) is 2. The van der Waals surface area contributed by atoms with Crippen LogP contribution in [-0.4, -0.2) is 16.2 Å². The lowest BCUT2D eigenvalue weighted by atomic mass is 10.2. The molecular formula is C9H5ClFNO3. The molecule has 0 aliphatic rings. The molecule has 0 saturated heterocycles. The van der Waals surface area contributed by atoms with E-state index in [1.54, 1.807) is 0 Å². The molecule has 2 N–H and O–H groups in total. The largest absolute Gasteiger partial charge is 0.512 e.